The molecule has 2 heterocycles. The second-order valence-corrected chi connectivity index (χ2v) is 6.28. The van der Waals surface area contributed by atoms with Gasteiger partial charge in [0.1, 0.15) is 11.3 Å². The molecule has 1 aliphatic heterocycles. The molecule has 112 valence electrons. The maximum atomic E-state index is 10.8. The molecule has 1 aromatic heterocycles. The molecule has 0 aliphatic carbocycles. The van der Waals surface area contributed by atoms with Crippen molar-refractivity contribution >= 4 is 17.3 Å². The van der Waals surface area contributed by atoms with E-state index >= 15 is 0 Å². The maximum absolute atomic E-state index is 10.8. The molecule has 0 amide bonds. The second-order valence-electron chi connectivity index (χ2n) is 5.92. The average Bonchev–Trinajstić information content (AvgIpc) is 3.00. The molecule has 0 spiro atoms. The topological polar surface area (TPSA) is 50.1 Å². The standard InChI is InChI=1S/C16H20ClN3O/c1-9(2)14-13(16(17)20(3)19-14)15(21)12-8-10-6-4-5-7-11(10)18-12/h4-7,9,12,15,18,21H,8H2,1-3H3. The van der Waals surface area contributed by atoms with Crippen molar-refractivity contribution in [3.8, 4) is 0 Å². The van der Waals surface area contributed by atoms with Gasteiger partial charge in [-0.15, -0.1) is 0 Å². The molecule has 0 radical (unpaired) electrons. The average molecular weight is 306 g/mol. The minimum Gasteiger partial charge on any atom is -0.386 e. The number of nitrogens with zero attached hydrogens (tertiary/aromatic N) is 2. The zero-order valence-corrected chi connectivity index (χ0v) is 13.2. The predicted octanol–water partition coefficient (Wildman–Crippen LogP) is 3.27. The van der Waals surface area contributed by atoms with Crippen LogP contribution in [0.4, 0.5) is 5.69 Å². The van der Waals surface area contributed by atoms with Crippen LogP contribution in [0.5, 0.6) is 0 Å². The number of hydrogen-bond donors (Lipinski definition) is 2. The molecule has 2 aromatic rings. The lowest BCUT2D eigenvalue weighted by Gasteiger charge is -2.20. The van der Waals surface area contributed by atoms with Crippen molar-refractivity contribution in [1.82, 2.24) is 9.78 Å². The van der Waals surface area contributed by atoms with E-state index in [9.17, 15) is 5.11 Å². The van der Waals surface area contributed by atoms with E-state index < -0.39 is 6.10 Å². The van der Waals surface area contributed by atoms with E-state index in [-0.39, 0.29) is 12.0 Å². The number of aryl methyl sites for hydroxylation is 1. The molecule has 1 aromatic carbocycles. The van der Waals surface area contributed by atoms with Crippen molar-refractivity contribution < 1.29 is 5.11 Å². The van der Waals surface area contributed by atoms with Crippen LogP contribution in [0.25, 0.3) is 0 Å². The Kier molecular flexibility index (Phi) is 3.68. The van der Waals surface area contributed by atoms with Crippen molar-refractivity contribution in [2.45, 2.75) is 38.3 Å². The molecule has 0 saturated heterocycles. The van der Waals surface area contributed by atoms with Gasteiger partial charge >= 0.3 is 0 Å². The normalized spacial score (nSPS) is 18.7. The van der Waals surface area contributed by atoms with E-state index in [0.29, 0.717) is 5.15 Å². The minimum atomic E-state index is -0.670. The Hall–Kier alpha value is -1.52. The van der Waals surface area contributed by atoms with Gasteiger partial charge in [-0.3, -0.25) is 4.68 Å². The first-order valence-corrected chi connectivity index (χ1v) is 7.61. The fraction of sp³-hybridized carbons (Fsp3) is 0.438. The SMILES string of the molecule is CC(C)c1nn(C)c(Cl)c1C(O)C1Cc2ccccc2N1. The number of aliphatic hydroxyl groups excluding tert-OH is 1. The largest absolute Gasteiger partial charge is 0.386 e. The highest BCUT2D eigenvalue weighted by molar-refractivity contribution is 6.30. The summed E-state index contributed by atoms with van der Waals surface area (Å²) in [6.07, 6.45) is 0.121. The molecule has 3 rings (SSSR count). The van der Waals surface area contributed by atoms with Crippen LogP contribution in [0, 0.1) is 0 Å². The number of anilines is 1. The van der Waals surface area contributed by atoms with Gasteiger partial charge in [-0.1, -0.05) is 43.6 Å². The fourth-order valence-corrected chi connectivity index (χ4v) is 3.20. The van der Waals surface area contributed by atoms with Crippen LogP contribution in [0.1, 0.15) is 42.7 Å². The van der Waals surface area contributed by atoms with Gasteiger partial charge in [0, 0.05) is 18.3 Å². The van der Waals surface area contributed by atoms with Gasteiger partial charge in [-0.25, -0.2) is 0 Å². The number of para-hydroxylation sites is 1. The Balaban J connectivity index is 1.92. The zero-order valence-electron chi connectivity index (χ0n) is 12.5. The van der Waals surface area contributed by atoms with E-state index in [4.69, 9.17) is 11.6 Å². The number of rotatable bonds is 3. The highest BCUT2D eigenvalue weighted by Crippen LogP contribution is 2.37. The number of aromatic nitrogens is 2. The van der Waals surface area contributed by atoms with Gasteiger partial charge in [-0.05, 0) is 24.0 Å². The van der Waals surface area contributed by atoms with Gasteiger partial charge in [0.15, 0.2) is 0 Å². The molecule has 2 atom stereocenters. The Morgan fingerprint density at radius 1 is 1.38 bits per heavy atom. The molecule has 1 aliphatic rings. The van der Waals surface area contributed by atoms with E-state index in [0.717, 1.165) is 23.4 Å². The summed E-state index contributed by atoms with van der Waals surface area (Å²) in [6, 6.07) is 8.07. The van der Waals surface area contributed by atoms with Gasteiger partial charge in [-0.2, -0.15) is 5.10 Å². The molecule has 2 N–H and O–H groups in total. The quantitative estimate of drug-likeness (QED) is 0.915. The smallest absolute Gasteiger partial charge is 0.132 e. The zero-order chi connectivity index (χ0) is 15.1. The summed E-state index contributed by atoms with van der Waals surface area (Å²) < 4.78 is 1.64. The molecule has 4 nitrogen and oxygen atoms in total. The number of benzene rings is 1. The fourth-order valence-electron chi connectivity index (χ4n) is 2.96. The third kappa shape index (κ3) is 2.43. The summed E-state index contributed by atoms with van der Waals surface area (Å²) >= 11 is 6.36. The van der Waals surface area contributed by atoms with Crippen molar-refractivity contribution in [3.63, 3.8) is 0 Å². The number of nitrogens with one attached hydrogen (secondary N) is 1. The van der Waals surface area contributed by atoms with Gasteiger partial charge in [0.25, 0.3) is 0 Å². The van der Waals surface area contributed by atoms with E-state index in [2.05, 4.69) is 30.3 Å². The van der Waals surface area contributed by atoms with E-state index in [1.54, 1.807) is 11.7 Å². The summed E-state index contributed by atoms with van der Waals surface area (Å²) in [6.45, 7) is 4.12. The molecule has 5 heteroatoms. The lowest BCUT2D eigenvalue weighted by Crippen LogP contribution is -2.25. The monoisotopic (exact) mass is 305 g/mol. The number of halogens is 1. The van der Waals surface area contributed by atoms with Crippen LogP contribution >= 0.6 is 11.6 Å². The Morgan fingerprint density at radius 2 is 2.10 bits per heavy atom. The van der Waals surface area contributed by atoms with Crippen LogP contribution in [0.15, 0.2) is 24.3 Å². The molecule has 0 bridgehead atoms. The third-order valence-electron chi connectivity index (χ3n) is 4.06. The first-order valence-electron chi connectivity index (χ1n) is 7.23. The highest BCUT2D eigenvalue weighted by Gasteiger charge is 2.33. The lowest BCUT2D eigenvalue weighted by molar-refractivity contribution is 0.155. The van der Waals surface area contributed by atoms with Crippen molar-refractivity contribution in [3.05, 3.63) is 46.2 Å². The first kappa shape index (κ1) is 14.4. The van der Waals surface area contributed by atoms with E-state index in [1.807, 2.05) is 18.2 Å². The number of aliphatic hydroxyl groups is 1. The van der Waals surface area contributed by atoms with Crippen LogP contribution in [0.2, 0.25) is 5.15 Å². The first-order chi connectivity index (χ1) is 9.99. The number of hydrogen-bond acceptors (Lipinski definition) is 3. The van der Waals surface area contributed by atoms with Crippen LogP contribution in [-0.4, -0.2) is 20.9 Å². The molecule has 0 saturated carbocycles. The summed E-state index contributed by atoms with van der Waals surface area (Å²) in [4.78, 5) is 0. The van der Waals surface area contributed by atoms with E-state index in [1.165, 1.54) is 5.56 Å². The predicted molar refractivity (Wildman–Crippen MR) is 84.8 cm³/mol. The molecule has 2 unspecified atom stereocenters. The minimum absolute atomic E-state index is 0.0680. The number of fused-ring (bicyclic) bond motifs is 1. The maximum Gasteiger partial charge on any atom is 0.132 e. The summed E-state index contributed by atoms with van der Waals surface area (Å²) in [5, 5.41) is 19.2. The van der Waals surface area contributed by atoms with Crippen molar-refractivity contribution in [2.24, 2.45) is 7.05 Å². The third-order valence-corrected chi connectivity index (χ3v) is 4.51. The van der Waals surface area contributed by atoms with Crippen LogP contribution in [0.3, 0.4) is 0 Å². The lowest BCUT2D eigenvalue weighted by atomic mass is 9.96. The van der Waals surface area contributed by atoms with Crippen LogP contribution in [-0.2, 0) is 13.5 Å². The van der Waals surface area contributed by atoms with Crippen LogP contribution < -0.4 is 5.32 Å². The molecule has 21 heavy (non-hydrogen) atoms. The van der Waals surface area contributed by atoms with Gasteiger partial charge in [0.2, 0.25) is 0 Å². The molecular weight excluding hydrogens is 286 g/mol. The Labute approximate surface area is 129 Å². The second kappa shape index (κ2) is 5.35. The summed E-state index contributed by atoms with van der Waals surface area (Å²) in [5.74, 6) is 0.220. The Morgan fingerprint density at radius 3 is 2.76 bits per heavy atom. The van der Waals surface area contributed by atoms with Crippen molar-refractivity contribution in [2.75, 3.05) is 5.32 Å². The van der Waals surface area contributed by atoms with Gasteiger partial charge in [0.05, 0.1) is 11.7 Å². The highest BCUT2D eigenvalue weighted by atomic mass is 35.5. The summed E-state index contributed by atoms with van der Waals surface area (Å²) in [7, 11) is 1.81. The van der Waals surface area contributed by atoms with Crippen molar-refractivity contribution in [1.29, 1.82) is 0 Å². The summed E-state index contributed by atoms with van der Waals surface area (Å²) in [5.41, 5.74) is 3.94. The molecular formula is C16H20ClN3O. The Bertz CT molecular complexity index is 641. The molecule has 0 fully saturated rings. The van der Waals surface area contributed by atoms with Gasteiger partial charge < -0.3 is 10.4 Å².